The van der Waals surface area contributed by atoms with Crippen molar-refractivity contribution in [3.8, 4) is 0 Å². The van der Waals surface area contributed by atoms with Gasteiger partial charge in [0.1, 0.15) is 4.21 Å². The number of anilines is 1. The molecule has 2 rings (SSSR count). The molecule has 0 aliphatic heterocycles. The molecule has 0 aliphatic rings. The predicted molar refractivity (Wildman–Crippen MR) is 63.2 cm³/mol. The average Bonchev–Trinajstić information content (AvgIpc) is 2.60. The minimum Gasteiger partial charge on any atom is -0.375 e. The molecule has 0 saturated heterocycles. The molecule has 0 aliphatic carbocycles. The Kier molecular flexibility index (Phi) is 2.69. The summed E-state index contributed by atoms with van der Waals surface area (Å²) in [5, 5.41) is 0.270. The van der Waals surface area contributed by atoms with Crippen molar-refractivity contribution in [2.24, 2.45) is 0 Å². The fourth-order valence-electron chi connectivity index (χ4n) is 1.36. The molecule has 0 radical (unpaired) electrons. The molecule has 0 saturated carbocycles. The third-order valence-electron chi connectivity index (χ3n) is 2.07. The molecule has 1 aromatic heterocycles. The lowest BCUT2D eigenvalue weighted by molar-refractivity contribution is 0.597. The molecule has 0 spiro atoms. The lowest BCUT2D eigenvalue weighted by atomic mass is 10.4. The van der Waals surface area contributed by atoms with Gasteiger partial charge in [0.2, 0.25) is 9.84 Å². The third kappa shape index (κ3) is 1.81. The molecule has 1 heterocycles. The van der Waals surface area contributed by atoms with E-state index in [0.717, 1.165) is 11.3 Å². The zero-order valence-corrected chi connectivity index (χ0v) is 10.2. The second-order valence-corrected chi connectivity index (χ2v) is 6.42. The summed E-state index contributed by atoms with van der Waals surface area (Å²) in [6.07, 6.45) is 0. The van der Waals surface area contributed by atoms with Gasteiger partial charge >= 0.3 is 0 Å². The van der Waals surface area contributed by atoms with Gasteiger partial charge in [0, 0.05) is 0 Å². The molecule has 0 unspecified atom stereocenters. The zero-order chi connectivity index (χ0) is 11.8. The van der Waals surface area contributed by atoms with Crippen LogP contribution in [0.4, 0.5) is 5.13 Å². The van der Waals surface area contributed by atoms with Crippen molar-refractivity contribution in [3.05, 3.63) is 36.0 Å². The topological polar surface area (TPSA) is 73.0 Å². The first-order valence-corrected chi connectivity index (χ1v) is 6.85. The van der Waals surface area contributed by atoms with Crippen molar-refractivity contribution in [1.82, 2.24) is 4.98 Å². The first-order valence-electron chi connectivity index (χ1n) is 4.55. The number of thiazole rings is 1. The van der Waals surface area contributed by atoms with Crippen molar-refractivity contribution in [1.29, 1.82) is 0 Å². The number of sulfone groups is 1. The van der Waals surface area contributed by atoms with Gasteiger partial charge in [-0.1, -0.05) is 29.5 Å². The second-order valence-electron chi connectivity index (χ2n) is 3.24. The SMILES string of the molecule is Cc1nc(N)sc1S(=O)(=O)c1ccccc1. The Bertz CT molecular complexity index is 603. The van der Waals surface area contributed by atoms with Crippen molar-refractivity contribution >= 4 is 26.3 Å². The van der Waals surface area contributed by atoms with E-state index in [1.165, 1.54) is 0 Å². The van der Waals surface area contributed by atoms with Gasteiger partial charge in [-0.25, -0.2) is 13.4 Å². The van der Waals surface area contributed by atoms with E-state index in [9.17, 15) is 8.42 Å². The summed E-state index contributed by atoms with van der Waals surface area (Å²) >= 11 is 0.995. The molecule has 16 heavy (non-hydrogen) atoms. The Morgan fingerprint density at radius 1 is 1.25 bits per heavy atom. The molecule has 1 aromatic carbocycles. The average molecular weight is 254 g/mol. The van der Waals surface area contributed by atoms with Gasteiger partial charge in [0.15, 0.2) is 5.13 Å². The smallest absolute Gasteiger partial charge is 0.217 e. The van der Waals surface area contributed by atoms with Crippen LogP contribution in [0, 0.1) is 6.92 Å². The van der Waals surface area contributed by atoms with Crippen molar-refractivity contribution < 1.29 is 8.42 Å². The summed E-state index contributed by atoms with van der Waals surface area (Å²) < 4.78 is 24.6. The summed E-state index contributed by atoms with van der Waals surface area (Å²) in [5.41, 5.74) is 5.95. The van der Waals surface area contributed by atoms with E-state index in [1.54, 1.807) is 37.3 Å². The number of rotatable bonds is 2. The van der Waals surface area contributed by atoms with Crippen molar-refractivity contribution in [3.63, 3.8) is 0 Å². The van der Waals surface area contributed by atoms with Crippen LogP contribution in [0.25, 0.3) is 0 Å². The van der Waals surface area contributed by atoms with Crippen LogP contribution in [-0.4, -0.2) is 13.4 Å². The van der Waals surface area contributed by atoms with Crippen LogP contribution >= 0.6 is 11.3 Å². The van der Waals surface area contributed by atoms with E-state index in [0.29, 0.717) is 5.69 Å². The summed E-state index contributed by atoms with van der Waals surface area (Å²) in [6.45, 7) is 1.64. The maximum atomic E-state index is 12.2. The number of hydrogen-bond acceptors (Lipinski definition) is 5. The Balaban J connectivity index is 2.61. The van der Waals surface area contributed by atoms with E-state index in [1.807, 2.05) is 0 Å². The number of aromatic nitrogens is 1. The van der Waals surface area contributed by atoms with Gasteiger partial charge in [-0.05, 0) is 19.1 Å². The van der Waals surface area contributed by atoms with Gasteiger partial charge in [-0.2, -0.15) is 0 Å². The molecule has 6 heteroatoms. The van der Waals surface area contributed by atoms with E-state index >= 15 is 0 Å². The maximum absolute atomic E-state index is 12.2. The van der Waals surface area contributed by atoms with Crippen LogP contribution in [-0.2, 0) is 9.84 Å². The van der Waals surface area contributed by atoms with E-state index < -0.39 is 9.84 Å². The number of hydrogen-bond donors (Lipinski definition) is 1. The van der Waals surface area contributed by atoms with Crippen LogP contribution in [0.1, 0.15) is 5.69 Å². The molecule has 0 amide bonds. The quantitative estimate of drug-likeness (QED) is 0.887. The van der Waals surface area contributed by atoms with Gasteiger partial charge in [-0.15, -0.1) is 0 Å². The van der Waals surface area contributed by atoms with E-state index in [-0.39, 0.29) is 14.2 Å². The Hall–Kier alpha value is -1.40. The Morgan fingerprint density at radius 2 is 1.88 bits per heavy atom. The lowest BCUT2D eigenvalue weighted by Gasteiger charge is -2.01. The highest BCUT2D eigenvalue weighted by Gasteiger charge is 2.23. The van der Waals surface area contributed by atoms with Gasteiger partial charge in [0.05, 0.1) is 10.6 Å². The largest absolute Gasteiger partial charge is 0.375 e. The summed E-state index contributed by atoms with van der Waals surface area (Å²) in [4.78, 5) is 4.19. The number of benzene rings is 1. The maximum Gasteiger partial charge on any atom is 0.217 e. The van der Waals surface area contributed by atoms with Crippen LogP contribution < -0.4 is 5.73 Å². The first kappa shape index (κ1) is 11.1. The van der Waals surface area contributed by atoms with E-state index in [4.69, 9.17) is 5.73 Å². The monoisotopic (exact) mass is 254 g/mol. The summed E-state index contributed by atoms with van der Waals surface area (Å²) in [5.74, 6) is 0. The molecule has 0 atom stereocenters. The number of nitrogens with zero attached hydrogens (tertiary/aromatic N) is 1. The number of nitrogens with two attached hydrogens (primary N) is 1. The second kappa shape index (κ2) is 3.88. The predicted octanol–water partition coefficient (Wildman–Crippen LogP) is 1.87. The summed E-state index contributed by atoms with van der Waals surface area (Å²) in [7, 11) is -3.47. The number of nitrogen functional groups attached to an aromatic ring is 1. The molecular weight excluding hydrogens is 244 g/mol. The molecule has 2 N–H and O–H groups in total. The minimum atomic E-state index is -3.47. The first-order chi connectivity index (χ1) is 7.51. The molecule has 0 bridgehead atoms. The standard InChI is InChI=1S/C10H10N2O2S2/c1-7-9(15-10(11)12-7)16(13,14)8-5-3-2-4-6-8/h2-6H,1H3,(H2,11,12). The van der Waals surface area contributed by atoms with Gasteiger partial charge in [0.25, 0.3) is 0 Å². The molecule has 0 fully saturated rings. The Labute approximate surface area is 97.7 Å². The highest BCUT2D eigenvalue weighted by molar-refractivity contribution is 7.93. The lowest BCUT2D eigenvalue weighted by Crippen LogP contribution is -2.01. The van der Waals surface area contributed by atoms with E-state index in [2.05, 4.69) is 4.98 Å². The fraction of sp³-hybridized carbons (Fsp3) is 0.100. The summed E-state index contributed by atoms with van der Waals surface area (Å²) in [6, 6.07) is 8.27. The number of aryl methyl sites for hydroxylation is 1. The van der Waals surface area contributed by atoms with Crippen LogP contribution in [0.3, 0.4) is 0 Å². The third-order valence-corrected chi connectivity index (χ3v) is 5.43. The molecular formula is C10H10N2O2S2. The fourth-order valence-corrected chi connectivity index (χ4v) is 4.07. The molecule has 2 aromatic rings. The molecule has 4 nitrogen and oxygen atoms in total. The van der Waals surface area contributed by atoms with Crippen molar-refractivity contribution in [2.45, 2.75) is 16.0 Å². The van der Waals surface area contributed by atoms with Crippen molar-refractivity contribution in [2.75, 3.05) is 5.73 Å². The van der Waals surface area contributed by atoms with Crippen LogP contribution in [0.5, 0.6) is 0 Å². The minimum absolute atomic E-state index is 0.219. The highest BCUT2D eigenvalue weighted by atomic mass is 32.2. The molecule has 84 valence electrons. The van der Waals surface area contributed by atoms with Gasteiger partial charge in [-0.3, -0.25) is 0 Å². The van der Waals surface area contributed by atoms with Crippen LogP contribution in [0.2, 0.25) is 0 Å². The Morgan fingerprint density at radius 3 is 2.38 bits per heavy atom. The van der Waals surface area contributed by atoms with Crippen LogP contribution in [0.15, 0.2) is 39.4 Å². The highest BCUT2D eigenvalue weighted by Crippen LogP contribution is 2.30. The zero-order valence-electron chi connectivity index (χ0n) is 8.54. The normalized spacial score (nSPS) is 11.6. The van der Waals surface area contributed by atoms with Gasteiger partial charge < -0.3 is 5.73 Å².